The standard InChI is InChI=1S/C62H52N2/c1-41-35-51(63(47-23-15-9-16-24-47)49-31-27-45(28-32-49)43-19-11-7-12-20-43)37-57-59(41)53-39-56-54(40-55(53)61(57,3)4)60-42(2)36-52(38-58(60)62(56,5)6)64(48-25-17-10-18-26-48)50-33-29-46(30-34-50)44-21-13-8-14-22-44/h7-40H,1-6H3. The van der Waals surface area contributed by atoms with Gasteiger partial charge in [-0.3, -0.25) is 0 Å². The Kier molecular flexibility index (Phi) is 9.33. The molecular weight excluding hydrogens is 773 g/mol. The van der Waals surface area contributed by atoms with E-state index in [-0.39, 0.29) is 10.8 Å². The molecule has 11 rings (SSSR count). The summed E-state index contributed by atoms with van der Waals surface area (Å²) < 4.78 is 0. The van der Waals surface area contributed by atoms with Gasteiger partial charge in [0.05, 0.1) is 0 Å². The first-order valence-corrected chi connectivity index (χ1v) is 22.6. The van der Waals surface area contributed by atoms with Gasteiger partial charge >= 0.3 is 0 Å². The first-order valence-electron chi connectivity index (χ1n) is 22.6. The highest BCUT2D eigenvalue weighted by molar-refractivity contribution is 5.94. The molecule has 2 nitrogen and oxygen atoms in total. The zero-order chi connectivity index (χ0) is 43.7. The lowest BCUT2D eigenvalue weighted by Crippen LogP contribution is -2.18. The monoisotopic (exact) mass is 824 g/mol. The number of hydrogen-bond acceptors (Lipinski definition) is 2. The topological polar surface area (TPSA) is 6.48 Å². The minimum Gasteiger partial charge on any atom is -0.310 e. The largest absolute Gasteiger partial charge is 0.310 e. The van der Waals surface area contributed by atoms with Crippen LogP contribution >= 0.6 is 0 Å². The molecule has 0 aromatic heterocycles. The summed E-state index contributed by atoms with van der Waals surface area (Å²) >= 11 is 0. The first kappa shape index (κ1) is 39.4. The Morgan fingerprint density at radius 3 is 0.922 bits per heavy atom. The number of nitrogens with zero attached hydrogens (tertiary/aromatic N) is 2. The number of hydrogen-bond donors (Lipinski definition) is 0. The highest BCUT2D eigenvalue weighted by atomic mass is 15.1. The Morgan fingerprint density at radius 1 is 0.281 bits per heavy atom. The number of para-hydroxylation sites is 2. The summed E-state index contributed by atoms with van der Waals surface area (Å²) in [6.07, 6.45) is 0. The Morgan fingerprint density at radius 2 is 0.578 bits per heavy atom. The third kappa shape index (κ3) is 6.39. The van der Waals surface area contributed by atoms with Crippen LogP contribution in [0.4, 0.5) is 34.1 Å². The van der Waals surface area contributed by atoms with Crippen molar-refractivity contribution in [3.05, 3.63) is 240 Å². The summed E-state index contributed by atoms with van der Waals surface area (Å²) in [7, 11) is 0. The van der Waals surface area contributed by atoms with Gasteiger partial charge in [-0.1, -0.05) is 149 Å². The summed E-state index contributed by atoms with van der Waals surface area (Å²) in [6, 6.07) is 75.7. The Labute approximate surface area is 378 Å². The predicted molar refractivity (Wildman–Crippen MR) is 271 cm³/mol. The molecule has 2 aliphatic rings. The van der Waals surface area contributed by atoms with Gasteiger partial charge in [0.25, 0.3) is 0 Å². The fourth-order valence-electron chi connectivity index (χ4n) is 10.7. The lowest BCUT2D eigenvalue weighted by Gasteiger charge is -2.29. The Bertz CT molecular complexity index is 2960. The molecule has 2 aliphatic carbocycles. The van der Waals surface area contributed by atoms with E-state index < -0.39 is 0 Å². The van der Waals surface area contributed by atoms with Gasteiger partial charge in [-0.2, -0.15) is 0 Å². The molecular formula is C62H52N2. The molecule has 0 aliphatic heterocycles. The van der Waals surface area contributed by atoms with Crippen LogP contribution in [0.25, 0.3) is 44.5 Å². The molecule has 0 unspecified atom stereocenters. The summed E-state index contributed by atoms with van der Waals surface area (Å²) in [5.74, 6) is 0. The minimum absolute atomic E-state index is 0.212. The second-order valence-electron chi connectivity index (χ2n) is 18.7. The van der Waals surface area contributed by atoms with Crippen molar-refractivity contribution < 1.29 is 0 Å². The number of aryl methyl sites for hydroxylation is 2. The first-order chi connectivity index (χ1) is 31.1. The molecule has 310 valence electrons. The van der Waals surface area contributed by atoms with Crippen molar-refractivity contribution in [2.24, 2.45) is 0 Å². The van der Waals surface area contributed by atoms with Gasteiger partial charge in [-0.05, 0) is 177 Å². The Hall–Kier alpha value is -7.42. The summed E-state index contributed by atoms with van der Waals surface area (Å²) in [5, 5.41) is 0. The van der Waals surface area contributed by atoms with Gasteiger partial charge in [0.15, 0.2) is 0 Å². The van der Waals surface area contributed by atoms with Crippen LogP contribution < -0.4 is 9.80 Å². The average Bonchev–Trinajstić information content (AvgIpc) is 3.69. The molecule has 0 saturated carbocycles. The third-order valence-corrected chi connectivity index (χ3v) is 14.0. The molecule has 0 fully saturated rings. The van der Waals surface area contributed by atoms with Crippen LogP contribution in [0.3, 0.4) is 0 Å². The summed E-state index contributed by atoms with van der Waals surface area (Å²) in [6.45, 7) is 14.3. The van der Waals surface area contributed by atoms with Crippen LogP contribution in [-0.4, -0.2) is 0 Å². The molecule has 0 radical (unpaired) electrons. The highest BCUT2D eigenvalue weighted by Crippen LogP contribution is 2.59. The molecule has 0 spiro atoms. The van der Waals surface area contributed by atoms with Gasteiger partial charge < -0.3 is 9.80 Å². The predicted octanol–water partition coefficient (Wildman–Crippen LogP) is 17.2. The zero-order valence-electron chi connectivity index (χ0n) is 37.5. The molecule has 64 heavy (non-hydrogen) atoms. The number of fused-ring (bicyclic) bond motifs is 6. The number of anilines is 6. The van der Waals surface area contributed by atoms with E-state index in [0.29, 0.717) is 0 Å². The molecule has 9 aromatic rings. The van der Waals surface area contributed by atoms with Gasteiger partial charge in [0.2, 0.25) is 0 Å². The number of rotatable bonds is 8. The van der Waals surface area contributed by atoms with Crippen molar-refractivity contribution in [3.8, 4) is 44.5 Å². The average molecular weight is 825 g/mol. The van der Waals surface area contributed by atoms with Crippen LogP contribution in [0.5, 0.6) is 0 Å². The van der Waals surface area contributed by atoms with Crippen molar-refractivity contribution in [1.29, 1.82) is 0 Å². The summed E-state index contributed by atoms with van der Waals surface area (Å²) in [4.78, 5) is 4.83. The van der Waals surface area contributed by atoms with Crippen LogP contribution in [0.15, 0.2) is 206 Å². The SMILES string of the molecule is Cc1cc(N(c2ccccc2)c2ccc(-c3ccccc3)cc2)cc2c1-c1cc3c(cc1C2(C)C)-c1c(C)cc(N(c2ccccc2)c2ccc(-c4ccccc4)cc2)cc1C3(C)C. The van der Waals surface area contributed by atoms with Crippen LogP contribution in [-0.2, 0) is 10.8 Å². The molecule has 0 N–H and O–H groups in total. The van der Waals surface area contributed by atoms with Crippen molar-refractivity contribution in [3.63, 3.8) is 0 Å². The van der Waals surface area contributed by atoms with E-state index in [9.17, 15) is 0 Å². The fraction of sp³-hybridized carbons (Fsp3) is 0.129. The molecule has 0 saturated heterocycles. The van der Waals surface area contributed by atoms with Crippen molar-refractivity contribution >= 4 is 34.1 Å². The second kappa shape index (κ2) is 15.1. The van der Waals surface area contributed by atoms with E-state index in [1.807, 2.05) is 0 Å². The van der Waals surface area contributed by atoms with Crippen molar-refractivity contribution in [1.82, 2.24) is 0 Å². The van der Waals surface area contributed by atoms with Gasteiger partial charge in [-0.25, -0.2) is 0 Å². The third-order valence-electron chi connectivity index (χ3n) is 14.0. The van der Waals surface area contributed by atoms with E-state index >= 15 is 0 Å². The maximum absolute atomic E-state index is 2.55. The second-order valence-corrected chi connectivity index (χ2v) is 18.7. The Balaban J connectivity index is 0.996. The van der Waals surface area contributed by atoms with Crippen LogP contribution in [0.1, 0.15) is 61.1 Å². The smallest absolute Gasteiger partial charge is 0.0467 e. The van der Waals surface area contributed by atoms with E-state index in [2.05, 4.69) is 258 Å². The fourth-order valence-corrected chi connectivity index (χ4v) is 10.7. The van der Waals surface area contributed by atoms with Crippen molar-refractivity contribution in [2.45, 2.75) is 52.4 Å². The zero-order valence-corrected chi connectivity index (χ0v) is 37.5. The number of benzene rings is 9. The molecule has 0 atom stereocenters. The molecule has 2 heteroatoms. The van der Waals surface area contributed by atoms with Crippen molar-refractivity contribution in [2.75, 3.05) is 9.80 Å². The van der Waals surface area contributed by atoms with E-state index in [1.165, 1.54) is 89.3 Å². The van der Waals surface area contributed by atoms with E-state index in [4.69, 9.17) is 0 Å². The van der Waals surface area contributed by atoms with Gasteiger partial charge in [0, 0.05) is 45.0 Å². The molecule has 9 aromatic carbocycles. The summed E-state index contributed by atoms with van der Waals surface area (Å²) in [5.41, 5.74) is 25.0. The van der Waals surface area contributed by atoms with Gasteiger partial charge in [-0.15, -0.1) is 0 Å². The lowest BCUT2D eigenvalue weighted by atomic mass is 9.79. The quantitative estimate of drug-likeness (QED) is 0.151. The van der Waals surface area contributed by atoms with Gasteiger partial charge in [0.1, 0.15) is 0 Å². The maximum atomic E-state index is 2.55. The minimum atomic E-state index is -0.212. The highest BCUT2D eigenvalue weighted by Gasteiger charge is 2.43. The lowest BCUT2D eigenvalue weighted by molar-refractivity contribution is 0.652. The maximum Gasteiger partial charge on any atom is 0.0467 e. The normalized spacial score (nSPS) is 13.7. The molecule has 0 bridgehead atoms. The van der Waals surface area contributed by atoms with Crippen LogP contribution in [0, 0.1) is 13.8 Å². The van der Waals surface area contributed by atoms with E-state index in [0.717, 1.165) is 22.7 Å². The molecule has 0 heterocycles. The molecule has 0 amide bonds. The van der Waals surface area contributed by atoms with Crippen LogP contribution in [0.2, 0.25) is 0 Å². The van der Waals surface area contributed by atoms with E-state index in [1.54, 1.807) is 0 Å².